The molecular formula is C6H12F3NOSi. The Balaban J connectivity index is 4.44. The van der Waals surface area contributed by atoms with E-state index in [0.29, 0.717) is 0 Å². The molecule has 0 aromatic carbocycles. The van der Waals surface area contributed by atoms with Crippen molar-refractivity contribution < 1.29 is 18.0 Å². The van der Waals surface area contributed by atoms with Gasteiger partial charge in [-0.3, -0.25) is 4.79 Å². The monoisotopic (exact) mass is 199 g/mol. The van der Waals surface area contributed by atoms with E-state index >= 15 is 0 Å². The Morgan fingerprint density at radius 2 is 1.83 bits per heavy atom. The Kier molecular flexibility index (Phi) is 3.76. The van der Waals surface area contributed by atoms with Crippen LogP contribution in [0.4, 0.5) is 13.2 Å². The van der Waals surface area contributed by atoms with E-state index < -0.39 is 21.0 Å². The van der Waals surface area contributed by atoms with Crippen molar-refractivity contribution in [3.8, 4) is 0 Å². The molecule has 0 rings (SSSR count). The first-order chi connectivity index (χ1) is 5.30. The van der Waals surface area contributed by atoms with Crippen LogP contribution in [0.3, 0.4) is 0 Å². The lowest BCUT2D eigenvalue weighted by Gasteiger charge is -2.25. The number of hydrogen-bond donors (Lipinski definition) is 0. The summed E-state index contributed by atoms with van der Waals surface area (Å²) in [4.78, 5) is 10.7. The molecule has 0 radical (unpaired) electrons. The number of halogens is 3. The van der Waals surface area contributed by atoms with Gasteiger partial charge in [0.15, 0.2) is 0 Å². The van der Waals surface area contributed by atoms with Crippen molar-refractivity contribution in [1.29, 1.82) is 0 Å². The second-order valence-corrected chi connectivity index (χ2v) is 5.49. The SMILES string of the molecule is CCN(C(=O)C(F)(F)F)[SiH](C)C. The lowest BCUT2D eigenvalue weighted by molar-refractivity contribution is -0.180. The Morgan fingerprint density at radius 1 is 1.42 bits per heavy atom. The maximum absolute atomic E-state index is 11.9. The van der Waals surface area contributed by atoms with Crippen LogP contribution in [0.2, 0.25) is 13.1 Å². The van der Waals surface area contributed by atoms with Gasteiger partial charge in [-0.2, -0.15) is 13.2 Å². The molecule has 0 spiro atoms. The predicted octanol–water partition coefficient (Wildman–Crippen LogP) is 1.38. The van der Waals surface area contributed by atoms with Crippen LogP contribution in [0.15, 0.2) is 0 Å². The van der Waals surface area contributed by atoms with Crippen LogP contribution in [0.1, 0.15) is 6.92 Å². The molecule has 6 heteroatoms. The summed E-state index contributed by atoms with van der Waals surface area (Å²) in [5.74, 6) is -1.70. The summed E-state index contributed by atoms with van der Waals surface area (Å²) in [5.41, 5.74) is 0. The first-order valence-corrected chi connectivity index (χ1v) is 6.51. The van der Waals surface area contributed by atoms with Crippen molar-refractivity contribution in [3.63, 3.8) is 0 Å². The lowest BCUT2D eigenvalue weighted by atomic mass is 10.5. The molecule has 0 saturated carbocycles. The molecule has 0 aliphatic carbocycles. The second-order valence-electron chi connectivity index (χ2n) is 2.68. The minimum absolute atomic E-state index is 0.141. The van der Waals surface area contributed by atoms with Gasteiger partial charge >= 0.3 is 12.1 Å². The third kappa shape index (κ3) is 2.84. The number of nitrogens with zero attached hydrogens (tertiary/aromatic N) is 1. The van der Waals surface area contributed by atoms with Crippen molar-refractivity contribution in [1.82, 2.24) is 4.57 Å². The van der Waals surface area contributed by atoms with Crippen LogP contribution in [0.25, 0.3) is 0 Å². The van der Waals surface area contributed by atoms with Crippen LogP contribution in [0, 0.1) is 0 Å². The molecule has 0 saturated heterocycles. The summed E-state index contributed by atoms with van der Waals surface area (Å²) in [7, 11) is -1.68. The minimum atomic E-state index is -4.72. The number of alkyl halides is 3. The summed E-state index contributed by atoms with van der Waals surface area (Å²) >= 11 is 0. The Hall–Kier alpha value is -0.523. The van der Waals surface area contributed by atoms with E-state index in [1.54, 1.807) is 20.0 Å². The maximum Gasteiger partial charge on any atom is 0.470 e. The van der Waals surface area contributed by atoms with Crippen LogP contribution in [-0.2, 0) is 4.79 Å². The quantitative estimate of drug-likeness (QED) is 0.615. The van der Waals surface area contributed by atoms with E-state index in [1.807, 2.05) is 0 Å². The molecule has 0 fully saturated rings. The average Bonchev–Trinajstić information content (AvgIpc) is 1.86. The fourth-order valence-electron chi connectivity index (χ4n) is 0.906. The van der Waals surface area contributed by atoms with Gasteiger partial charge in [-0.05, 0) is 6.92 Å². The normalized spacial score (nSPS) is 11.9. The number of hydrogen-bond acceptors (Lipinski definition) is 1. The van der Waals surface area contributed by atoms with Crippen LogP contribution in [0.5, 0.6) is 0 Å². The summed E-state index contributed by atoms with van der Waals surface area (Å²) in [6.07, 6.45) is -4.72. The van der Waals surface area contributed by atoms with Crippen molar-refractivity contribution >= 4 is 14.9 Å². The molecule has 0 heterocycles. The molecular weight excluding hydrogens is 187 g/mol. The minimum Gasteiger partial charge on any atom is -0.365 e. The van der Waals surface area contributed by atoms with Gasteiger partial charge in [-0.25, -0.2) is 0 Å². The molecule has 72 valence electrons. The van der Waals surface area contributed by atoms with Gasteiger partial charge in [-0.15, -0.1) is 0 Å². The van der Waals surface area contributed by atoms with Crippen molar-refractivity contribution in [2.24, 2.45) is 0 Å². The van der Waals surface area contributed by atoms with E-state index in [0.717, 1.165) is 4.57 Å². The second kappa shape index (κ2) is 3.93. The number of amides is 1. The highest BCUT2D eigenvalue weighted by molar-refractivity contribution is 6.55. The van der Waals surface area contributed by atoms with E-state index in [1.165, 1.54) is 0 Å². The average molecular weight is 199 g/mol. The van der Waals surface area contributed by atoms with Gasteiger partial charge in [0.25, 0.3) is 0 Å². The highest BCUT2D eigenvalue weighted by atomic mass is 28.3. The third-order valence-electron chi connectivity index (χ3n) is 1.47. The summed E-state index contributed by atoms with van der Waals surface area (Å²) < 4.78 is 36.5. The molecule has 0 atom stereocenters. The van der Waals surface area contributed by atoms with E-state index in [2.05, 4.69) is 0 Å². The molecule has 0 bridgehead atoms. The molecule has 0 N–H and O–H groups in total. The molecule has 1 amide bonds. The Labute approximate surface area is 71.0 Å². The molecule has 12 heavy (non-hydrogen) atoms. The van der Waals surface area contributed by atoms with Gasteiger partial charge in [-0.1, -0.05) is 13.1 Å². The summed E-state index contributed by atoms with van der Waals surface area (Å²) in [6.45, 7) is 5.07. The highest BCUT2D eigenvalue weighted by Gasteiger charge is 2.42. The van der Waals surface area contributed by atoms with E-state index in [4.69, 9.17) is 0 Å². The van der Waals surface area contributed by atoms with Crippen molar-refractivity contribution in [3.05, 3.63) is 0 Å². The third-order valence-corrected chi connectivity index (χ3v) is 3.31. The predicted molar refractivity (Wildman–Crippen MR) is 42.3 cm³/mol. The smallest absolute Gasteiger partial charge is 0.365 e. The van der Waals surface area contributed by atoms with Gasteiger partial charge in [0.1, 0.15) is 8.96 Å². The van der Waals surface area contributed by atoms with Gasteiger partial charge in [0.2, 0.25) is 0 Å². The first kappa shape index (κ1) is 11.5. The number of carbonyl (C=O) groups excluding carboxylic acids is 1. The zero-order valence-corrected chi connectivity index (χ0v) is 8.43. The Morgan fingerprint density at radius 3 is 1.92 bits per heavy atom. The van der Waals surface area contributed by atoms with Gasteiger partial charge < -0.3 is 4.57 Å². The van der Waals surface area contributed by atoms with Crippen molar-refractivity contribution in [2.45, 2.75) is 26.2 Å². The largest absolute Gasteiger partial charge is 0.470 e. The molecule has 0 aromatic rings. The highest BCUT2D eigenvalue weighted by Crippen LogP contribution is 2.18. The summed E-state index contributed by atoms with van der Waals surface area (Å²) in [5, 5.41) is 0. The molecule has 0 aliphatic heterocycles. The fraction of sp³-hybridized carbons (Fsp3) is 0.833. The number of rotatable bonds is 2. The topological polar surface area (TPSA) is 20.3 Å². The maximum atomic E-state index is 11.9. The van der Waals surface area contributed by atoms with Crippen LogP contribution < -0.4 is 0 Å². The van der Waals surface area contributed by atoms with Crippen LogP contribution in [-0.4, -0.2) is 32.2 Å². The van der Waals surface area contributed by atoms with E-state index in [-0.39, 0.29) is 6.54 Å². The fourth-order valence-corrected chi connectivity index (χ4v) is 2.25. The Bertz CT molecular complexity index is 169. The molecule has 0 unspecified atom stereocenters. The molecule has 0 aliphatic rings. The van der Waals surface area contributed by atoms with E-state index in [9.17, 15) is 18.0 Å². The van der Waals surface area contributed by atoms with Gasteiger partial charge in [0, 0.05) is 6.54 Å². The summed E-state index contributed by atoms with van der Waals surface area (Å²) in [6, 6.07) is 0. The first-order valence-electron chi connectivity index (χ1n) is 3.68. The molecule has 2 nitrogen and oxygen atoms in total. The molecule has 0 aromatic heterocycles. The van der Waals surface area contributed by atoms with Crippen molar-refractivity contribution in [2.75, 3.05) is 6.54 Å². The number of carbonyl (C=O) groups is 1. The van der Waals surface area contributed by atoms with Crippen LogP contribution >= 0.6 is 0 Å². The zero-order valence-electron chi connectivity index (χ0n) is 7.27. The lowest BCUT2D eigenvalue weighted by Crippen LogP contribution is -2.46. The zero-order chi connectivity index (χ0) is 9.94. The van der Waals surface area contributed by atoms with Gasteiger partial charge in [0.05, 0.1) is 0 Å². The standard InChI is InChI=1S/C6H12F3NOSi/c1-4-10(12(2)3)5(11)6(7,8)9/h12H,4H2,1-3H3.